The van der Waals surface area contributed by atoms with E-state index >= 15 is 0 Å². The first-order valence-electron chi connectivity index (χ1n) is 6.80. The first-order valence-corrected chi connectivity index (χ1v) is 6.80. The predicted octanol–water partition coefficient (Wildman–Crippen LogP) is 2.96. The lowest BCUT2D eigenvalue weighted by atomic mass is 9.88. The Balaban J connectivity index is 2.98. The summed E-state index contributed by atoms with van der Waals surface area (Å²) >= 11 is 0. The van der Waals surface area contributed by atoms with E-state index in [0.717, 1.165) is 5.69 Å². The van der Waals surface area contributed by atoms with E-state index in [1.807, 2.05) is 7.05 Å². The van der Waals surface area contributed by atoms with E-state index in [-0.39, 0.29) is 6.04 Å². The van der Waals surface area contributed by atoms with Gasteiger partial charge < -0.3 is 10.1 Å². The van der Waals surface area contributed by atoms with Crippen LogP contribution in [0.3, 0.4) is 0 Å². The molecule has 1 N–H and O–H groups in total. The van der Waals surface area contributed by atoms with Gasteiger partial charge in [-0.2, -0.15) is 0 Å². The first-order chi connectivity index (χ1) is 8.78. The van der Waals surface area contributed by atoms with Crippen molar-refractivity contribution in [2.75, 3.05) is 14.2 Å². The van der Waals surface area contributed by atoms with Crippen molar-refractivity contribution in [2.24, 2.45) is 5.92 Å². The Hall–Kier alpha value is -1.16. The Morgan fingerprint density at radius 2 is 1.78 bits per heavy atom. The van der Waals surface area contributed by atoms with Gasteiger partial charge in [-0.25, -0.2) is 4.98 Å². The third-order valence-electron chi connectivity index (χ3n) is 3.28. The van der Waals surface area contributed by atoms with E-state index in [0.29, 0.717) is 11.8 Å². The molecule has 0 aliphatic rings. The molecule has 0 spiro atoms. The average Bonchev–Trinajstić information content (AvgIpc) is 2.40. The normalized spacial score (nSPS) is 12.7. The number of nitrogens with one attached hydrogen (secondary N) is 1. The van der Waals surface area contributed by atoms with Gasteiger partial charge in [0.25, 0.3) is 0 Å². The fraction of sp³-hybridized carbons (Fsp3) is 0.714. The zero-order valence-corrected chi connectivity index (χ0v) is 11.9. The van der Waals surface area contributed by atoms with Crippen molar-refractivity contribution in [2.45, 2.75) is 45.6 Å². The number of methoxy groups -OCH3 is 1. The highest BCUT2D eigenvalue weighted by atomic mass is 16.5. The molecule has 4 nitrogen and oxygen atoms in total. The molecule has 1 aromatic rings. The highest BCUT2D eigenvalue weighted by Crippen LogP contribution is 2.31. The van der Waals surface area contributed by atoms with E-state index in [1.54, 1.807) is 19.5 Å². The minimum Gasteiger partial charge on any atom is -0.480 e. The molecule has 0 aliphatic carbocycles. The second kappa shape index (κ2) is 8.03. The zero-order valence-electron chi connectivity index (χ0n) is 11.9. The third kappa shape index (κ3) is 3.67. The molecule has 1 aromatic heterocycles. The van der Waals surface area contributed by atoms with Gasteiger partial charge in [0.05, 0.1) is 13.2 Å². The summed E-state index contributed by atoms with van der Waals surface area (Å²) in [6, 6.07) is 0.216. The van der Waals surface area contributed by atoms with Crippen molar-refractivity contribution in [3.63, 3.8) is 0 Å². The zero-order chi connectivity index (χ0) is 13.4. The van der Waals surface area contributed by atoms with Gasteiger partial charge in [-0.05, 0) is 25.8 Å². The van der Waals surface area contributed by atoms with E-state index in [4.69, 9.17) is 4.74 Å². The molecule has 0 bridgehead atoms. The molecular weight excluding hydrogens is 226 g/mol. The number of hydrogen-bond donors (Lipinski definition) is 1. The summed E-state index contributed by atoms with van der Waals surface area (Å²) in [5, 5.41) is 3.38. The van der Waals surface area contributed by atoms with Gasteiger partial charge in [-0.1, -0.05) is 26.7 Å². The van der Waals surface area contributed by atoms with Crippen LogP contribution in [0.5, 0.6) is 5.88 Å². The molecule has 1 atom stereocenters. The lowest BCUT2D eigenvalue weighted by Gasteiger charge is -2.26. The van der Waals surface area contributed by atoms with Crippen LogP contribution in [-0.2, 0) is 0 Å². The maximum absolute atomic E-state index is 5.32. The lowest BCUT2D eigenvalue weighted by molar-refractivity contribution is 0.307. The molecule has 0 amide bonds. The molecular formula is C14H25N3O. The Morgan fingerprint density at radius 1 is 1.17 bits per heavy atom. The Kier molecular flexibility index (Phi) is 6.65. The number of ether oxygens (including phenoxy) is 1. The minimum absolute atomic E-state index is 0.216. The van der Waals surface area contributed by atoms with Crippen LogP contribution in [0, 0.1) is 5.92 Å². The Labute approximate surface area is 110 Å². The van der Waals surface area contributed by atoms with Crippen LogP contribution >= 0.6 is 0 Å². The molecule has 0 fully saturated rings. The second-order valence-corrected chi connectivity index (χ2v) is 4.55. The van der Waals surface area contributed by atoms with Crippen molar-refractivity contribution in [3.8, 4) is 5.88 Å². The highest BCUT2D eigenvalue weighted by molar-refractivity contribution is 5.21. The van der Waals surface area contributed by atoms with Crippen LogP contribution in [0.25, 0.3) is 0 Å². The van der Waals surface area contributed by atoms with Gasteiger partial charge in [0.15, 0.2) is 0 Å². The van der Waals surface area contributed by atoms with Crippen LogP contribution in [0.1, 0.15) is 51.3 Å². The molecule has 1 unspecified atom stereocenters. The van der Waals surface area contributed by atoms with Gasteiger partial charge in [-0.3, -0.25) is 4.98 Å². The maximum Gasteiger partial charge on any atom is 0.237 e. The fourth-order valence-electron chi connectivity index (χ4n) is 2.52. The van der Waals surface area contributed by atoms with Crippen LogP contribution in [0.4, 0.5) is 0 Å². The lowest BCUT2D eigenvalue weighted by Crippen LogP contribution is -2.27. The summed E-state index contributed by atoms with van der Waals surface area (Å²) in [7, 11) is 3.63. The SMILES string of the molecule is CCCC(CCC)C(NC)c1nccnc1OC. The van der Waals surface area contributed by atoms with Gasteiger partial charge in [0.2, 0.25) is 5.88 Å². The van der Waals surface area contributed by atoms with Crippen molar-refractivity contribution >= 4 is 0 Å². The number of rotatable bonds is 8. The molecule has 0 radical (unpaired) electrons. The first kappa shape index (κ1) is 14.9. The highest BCUT2D eigenvalue weighted by Gasteiger charge is 2.25. The monoisotopic (exact) mass is 251 g/mol. The molecule has 18 heavy (non-hydrogen) atoms. The van der Waals surface area contributed by atoms with Gasteiger partial charge in [0, 0.05) is 12.4 Å². The van der Waals surface area contributed by atoms with E-state index in [9.17, 15) is 0 Å². The van der Waals surface area contributed by atoms with Crippen LogP contribution in [0.15, 0.2) is 12.4 Å². The Morgan fingerprint density at radius 3 is 2.28 bits per heavy atom. The number of nitrogens with zero attached hydrogens (tertiary/aromatic N) is 2. The smallest absolute Gasteiger partial charge is 0.237 e. The summed E-state index contributed by atoms with van der Waals surface area (Å²) in [4.78, 5) is 8.70. The topological polar surface area (TPSA) is 47.0 Å². The van der Waals surface area contributed by atoms with Crippen molar-refractivity contribution < 1.29 is 4.74 Å². The van der Waals surface area contributed by atoms with E-state index < -0.39 is 0 Å². The van der Waals surface area contributed by atoms with Gasteiger partial charge >= 0.3 is 0 Å². The minimum atomic E-state index is 0.216. The summed E-state index contributed by atoms with van der Waals surface area (Å²) in [5.74, 6) is 1.21. The van der Waals surface area contributed by atoms with Gasteiger partial charge in [-0.15, -0.1) is 0 Å². The quantitative estimate of drug-likeness (QED) is 0.771. The third-order valence-corrected chi connectivity index (χ3v) is 3.28. The summed E-state index contributed by atoms with van der Waals surface area (Å²) in [6.07, 6.45) is 8.16. The van der Waals surface area contributed by atoms with E-state index in [1.165, 1.54) is 25.7 Å². The number of hydrogen-bond acceptors (Lipinski definition) is 4. The van der Waals surface area contributed by atoms with Crippen LogP contribution in [0.2, 0.25) is 0 Å². The Bertz CT molecular complexity index is 338. The molecule has 4 heteroatoms. The molecule has 102 valence electrons. The van der Waals surface area contributed by atoms with Crippen molar-refractivity contribution in [1.29, 1.82) is 0 Å². The maximum atomic E-state index is 5.32. The van der Waals surface area contributed by atoms with Crippen molar-refractivity contribution in [1.82, 2.24) is 15.3 Å². The summed E-state index contributed by atoms with van der Waals surface area (Å²) < 4.78 is 5.32. The largest absolute Gasteiger partial charge is 0.480 e. The van der Waals surface area contributed by atoms with Crippen LogP contribution < -0.4 is 10.1 Å². The van der Waals surface area contributed by atoms with E-state index in [2.05, 4.69) is 29.1 Å². The standard InChI is InChI=1S/C14H25N3O/c1-5-7-11(8-6-2)12(15-3)13-14(18-4)17-10-9-16-13/h9-12,15H,5-8H2,1-4H3. The summed E-state index contributed by atoms with van der Waals surface area (Å²) in [6.45, 7) is 4.45. The average molecular weight is 251 g/mol. The molecule has 0 aliphatic heterocycles. The van der Waals surface area contributed by atoms with Crippen LogP contribution in [-0.4, -0.2) is 24.1 Å². The second-order valence-electron chi connectivity index (χ2n) is 4.55. The fourth-order valence-corrected chi connectivity index (χ4v) is 2.52. The molecule has 1 heterocycles. The summed E-state index contributed by atoms with van der Waals surface area (Å²) in [5.41, 5.74) is 0.925. The van der Waals surface area contributed by atoms with Gasteiger partial charge in [0.1, 0.15) is 5.69 Å². The molecule has 0 saturated heterocycles. The molecule has 0 aromatic carbocycles. The molecule has 0 saturated carbocycles. The van der Waals surface area contributed by atoms with Crippen molar-refractivity contribution in [3.05, 3.63) is 18.1 Å². The number of aromatic nitrogens is 2. The predicted molar refractivity (Wildman–Crippen MR) is 73.7 cm³/mol. The molecule has 1 rings (SSSR count).